The lowest BCUT2D eigenvalue weighted by Crippen LogP contribution is -2.40. The van der Waals surface area contributed by atoms with Gasteiger partial charge in [-0.15, -0.1) is 0 Å². The van der Waals surface area contributed by atoms with Gasteiger partial charge in [0.25, 0.3) is 0 Å². The van der Waals surface area contributed by atoms with Crippen LogP contribution in [0.5, 0.6) is 0 Å². The van der Waals surface area contributed by atoms with E-state index >= 15 is 0 Å². The first-order valence-electron chi connectivity index (χ1n) is 8.84. The van der Waals surface area contributed by atoms with Crippen LogP contribution in [0.3, 0.4) is 0 Å². The largest absolute Gasteiger partial charge is 0.461 e. The van der Waals surface area contributed by atoms with E-state index in [1.165, 1.54) is 16.4 Å². The maximum absolute atomic E-state index is 12.7. The van der Waals surface area contributed by atoms with Crippen LogP contribution in [-0.4, -0.2) is 31.8 Å². The molecule has 1 heterocycles. The number of hydrogen-bond donors (Lipinski definition) is 0. The minimum atomic E-state index is -3.57. The average Bonchev–Trinajstić information content (AvgIpc) is 2.66. The Labute approximate surface area is 165 Å². The molecule has 0 aliphatic carbocycles. The van der Waals surface area contributed by atoms with Crippen LogP contribution in [0.1, 0.15) is 24.0 Å². The van der Waals surface area contributed by atoms with Crippen LogP contribution in [0.25, 0.3) is 0 Å². The summed E-state index contributed by atoms with van der Waals surface area (Å²) in [5, 5.41) is 0.490. The molecule has 144 valence electrons. The first kappa shape index (κ1) is 19.9. The molecule has 0 atom stereocenters. The van der Waals surface area contributed by atoms with Gasteiger partial charge in [0.2, 0.25) is 10.0 Å². The van der Waals surface area contributed by atoms with Crippen LogP contribution < -0.4 is 0 Å². The average molecular weight is 408 g/mol. The van der Waals surface area contributed by atoms with E-state index in [-0.39, 0.29) is 23.4 Å². The standard InChI is InChI=1S/C20H22ClNO4S/c1-15-3-2-4-16(13-15)14-26-20(23)17-9-11-22(12-10-17)27(24,25)19-7-5-18(21)6-8-19/h2-8,13,17H,9-12,14H2,1H3. The number of aryl methyl sites for hydroxylation is 1. The zero-order chi connectivity index (χ0) is 19.4. The summed E-state index contributed by atoms with van der Waals surface area (Å²) in [6, 6.07) is 13.9. The molecule has 1 aliphatic rings. The summed E-state index contributed by atoms with van der Waals surface area (Å²) in [6.45, 7) is 2.83. The van der Waals surface area contributed by atoms with Crippen molar-refractivity contribution in [1.82, 2.24) is 4.31 Å². The van der Waals surface area contributed by atoms with Gasteiger partial charge in [0.05, 0.1) is 10.8 Å². The summed E-state index contributed by atoms with van der Waals surface area (Å²) in [5.74, 6) is -0.536. The smallest absolute Gasteiger partial charge is 0.309 e. The van der Waals surface area contributed by atoms with Gasteiger partial charge in [-0.05, 0) is 49.6 Å². The minimum Gasteiger partial charge on any atom is -0.461 e. The highest BCUT2D eigenvalue weighted by molar-refractivity contribution is 7.89. The van der Waals surface area contributed by atoms with Crippen molar-refractivity contribution >= 4 is 27.6 Å². The Hall–Kier alpha value is -1.89. The van der Waals surface area contributed by atoms with Gasteiger partial charge in [-0.3, -0.25) is 4.79 Å². The molecule has 0 unspecified atom stereocenters. The van der Waals surface area contributed by atoms with Gasteiger partial charge in [-0.25, -0.2) is 8.42 Å². The summed E-state index contributed by atoms with van der Waals surface area (Å²) in [4.78, 5) is 12.5. The van der Waals surface area contributed by atoms with Gasteiger partial charge in [0, 0.05) is 18.1 Å². The molecule has 0 aromatic heterocycles. The number of halogens is 1. The minimum absolute atomic E-state index is 0.215. The molecule has 0 spiro atoms. The molecule has 2 aromatic rings. The van der Waals surface area contributed by atoms with Crippen LogP contribution in [0.15, 0.2) is 53.4 Å². The highest BCUT2D eigenvalue weighted by atomic mass is 35.5. The van der Waals surface area contributed by atoms with Crippen LogP contribution >= 0.6 is 11.6 Å². The third-order valence-electron chi connectivity index (χ3n) is 4.70. The van der Waals surface area contributed by atoms with Crippen molar-refractivity contribution in [1.29, 1.82) is 0 Å². The molecule has 2 aromatic carbocycles. The normalized spacial score (nSPS) is 16.2. The molecule has 0 bridgehead atoms. The third kappa shape index (κ3) is 4.89. The first-order chi connectivity index (χ1) is 12.9. The Morgan fingerprint density at radius 2 is 1.81 bits per heavy atom. The summed E-state index contributed by atoms with van der Waals surface area (Å²) in [5.41, 5.74) is 2.07. The number of esters is 1. The molecule has 0 amide bonds. The van der Waals surface area contributed by atoms with Gasteiger partial charge in [-0.1, -0.05) is 41.4 Å². The second-order valence-corrected chi connectivity index (χ2v) is 9.10. The van der Waals surface area contributed by atoms with Crippen LogP contribution in [0.4, 0.5) is 0 Å². The van der Waals surface area contributed by atoms with E-state index in [1.807, 2.05) is 31.2 Å². The molecule has 1 aliphatic heterocycles. The predicted octanol–water partition coefficient (Wildman–Crippen LogP) is 3.79. The Morgan fingerprint density at radius 3 is 2.44 bits per heavy atom. The van der Waals surface area contributed by atoms with Gasteiger partial charge in [0.15, 0.2) is 0 Å². The Bertz CT molecular complexity index is 904. The highest BCUT2D eigenvalue weighted by Crippen LogP contribution is 2.25. The van der Waals surface area contributed by atoms with Crippen molar-refractivity contribution in [2.75, 3.05) is 13.1 Å². The molecular weight excluding hydrogens is 386 g/mol. The van der Waals surface area contributed by atoms with E-state index in [2.05, 4.69) is 0 Å². The number of rotatable bonds is 5. The lowest BCUT2D eigenvalue weighted by atomic mass is 9.98. The Balaban J connectivity index is 1.55. The summed E-state index contributed by atoms with van der Waals surface area (Å²) in [7, 11) is -3.57. The number of benzene rings is 2. The van der Waals surface area contributed by atoms with Crippen LogP contribution in [-0.2, 0) is 26.2 Å². The quantitative estimate of drug-likeness (QED) is 0.707. The zero-order valence-electron chi connectivity index (χ0n) is 15.1. The lowest BCUT2D eigenvalue weighted by Gasteiger charge is -2.30. The van der Waals surface area contributed by atoms with Crippen molar-refractivity contribution in [3.8, 4) is 0 Å². The third-order valence-corrected chi connectivity index (χ3v) is 6.87. The summed E-state index contributed by atoms with van der Waals surface area (Å²) >= 11 is 5.82. The molecule has 1 saturated heterocycles. The molecule has 0 N–H and O–H groups in total. The van der Waals surface area contributed by atoms with Crippen LogP contribution in [0.2, 0.25) is 5.02 Å². The second-order valence-electron chi connectivity index (χ2n) is 6.73. The number of ether oxygens (including phenoxy) is 1. The van der Waals surface area contributed by atoms with Crippen molar-refractivity contribution in [3.05, 3.63) is 64.7 Å². The summed E-state index contributed by atoms with van der Waals surface area (Å²) in [6.07, 6.45) is 0.916. The fourth-order valence-corrected chi connectivity index (χ4v) is 4.76. The van der Waals surface area contributed by atoms with E-state index in [0.29, 0.717) is 31.0 Å². The Morgan fingerprint density at radius 1 is 1.15 bits per heavy atom. The van der Waals surface area contributed by atoms with Gasteiger partial charge >= 0.3 is 5.97 Å². The van der Waals surface area contributed by atoms with Crippen molar-refractivity contribution in [2.24, 2.45) is 5.92 Å². The maximum Gasteiger partial charge on any atom is 0.309 e. The number of hydrogen-bond acceptors (Lipinski definition) is 4. The molecule has 27 heavy (non-hydrogen) atoms. The summed E-state index contributed by atoms with van der Waals surface area (Å²) < 4.78 is 32.2. The fraction of sp³-hybridized carbons (Fsp3) is 0.350. The first-order valence-corrected chi connectivity index (χ1v) is 10.7. The lowest BCUT2D eigenvalue weighted by molar-refractivity contribution is -0.151. The number of nitrogens with zero attached hydrogens (tertiary/aromatic N) is 1. The molecule has 0 radical (unpaired) electrons. The van der Waals surface area contributed by atoms with Gasteiger partial charge in [0.1, 0.15) is 6.61 Å². The maximum atomic E-state index is 12.7. The van der Waals surface area contributed by atoms with E-state index in [1.54, 1.807) is 12.1 Å². The molecule has 0 saturated carbocycles. The second kappa shape index (κ2) is 8.42. The van der Waals surface area contributed by atoms with Crippen LogP contribution in [0, 0.1) is 12.8 Å². The number of carbonyl (C=O) groups excluding carboxylic acids is 1. The molecule has 1 fully saturated rings. The number of carbonyl (C=O) groups is 1. The van der Waals surface area contributed by atoms with E-state index in [0.717, 1.165) is 11.1 Å². The van der Waals surface area contributed by atoms with E-state index in [9.17, 15) is 13.2 Å². The van der Waals surface area contributed by atoms with Gasteiger partial charge < -0.3 is 4.74 Å². The van der Waals surface area contributed by atoms with Crippen molar-refractivity contribution < 1.29 is 17.9 Å². The van der Waals surface area contributed by atoms with E-state index < -0.39 is 10.0 Å². The topological polar surface area (TPSA) is 63.7 Å². The fourth-order valence-electron chi connectivity index (χ4n) is 3.16. The molecule has 3 rings (SSSR count). The predicted molar refractivity (Wildman–Crippen MR) is 104 cm³/mol. The monoisotopic (exact) mass is 407 g/mol. The highest BCUT2D eigenvalue weighted by Gasteiger charge is 2.32. The SMILES string of the molecule is Cc1cccc(COC(=O)C2CCN(S(=O)(=O)c3ccc(Cl)cc3)CC2)c1. The number of sulfonamides is 1. The molecular formula is C20H22ClNO4S. The zero-order valence-corrected chi connectivity index (χ0v) is 16.7. The molecule has 7 heteroatoms. The van der Waals surface area contributed by atoms with E-state index in [4.69, 9.17) is 16.3 Å². The van der Waals surface area contributed by atoms with Gasteiger partial charge in [-0.2, -0.15) is 4.31 Å². The number of piperidine rings is 1. The molecule has 5 nitrogen and oxygen atoms in total. The van der Waals surface area contributed by atoms with Crippen molar-refractivity contribution in [2.45, 2.75) is 31.3 Å². The van der Waals surface area contributed by atoms with Crippen molar-refractivity contribution in [3.63, 3.8) is 0 Å². The Kier molecular flexibility index (Phi) is 6.19.